The number of nitro groups is 1. The van der Waals surface area contributed by atoms with Crippen molar-refractivity contribution in [2.24, 2.45) is 11.1 Å². The molecule has 2 aromatic rings. The van der Waals surface area contributed by atoms with E-state index in [-0.39, 0.29) is 22.1 Å². The first-order chi connectivity index (χ1) is 11.4. The quantitative estimate of drug-likeness (QED) is 0.686. The van der Waals surface area contributed by atoms with E-state index in [4.69, 9.17) is 10.2 Å². The molecule has 0 saturated carbocycles. The smallest absolute Gasteiger partial charge is 0.280 e. The number of rotatable bonds is 4. The summed E-state index contributed by atoms with van der Waals surface area (Å²) < 4.78 is 5.88. The highest BCUT2D eigenvalue weighted by Crippen LogP contribution is 2.32. The summed E-state index contributed by atoms with van der Waals surface area (Å²) in [4.78, 5) is 13.1. The van der Waals surface area contributed by atoms with Gasteiger partial charge in [0.15, 0.2) is 0 Å². The van der Waals surface area contributed by atoms with Crippen LogP contribution in [0.25, 0.3) is 11.3 Å². The van der Waals surface area contributed by atoms with Gasteiger partial charge in [-0.3, -0.25) is 15.0 Å². The van der Waals surface area contributed by atoms with Gasteiger partial charge < -0.3 is 10.2 Å². The Balaban J connectivity index is 1.76. The highest BCUT2D eigenvalue weighted by molar-refractivity contribution is 5.69. The molecular formula is C18H23N3O3. The van der Waals surface area contributed by atoms with Gasteiger partial charge in [0.2, 0.25) is 0 Å². The summed E-state index contributed by atoms with van der Waals surface area (Å²) in [6, 6.07) is 10.6. The van der Waals surface area contributed by atoms with Crippen molar-refractivity contribution in [2.45, 2.75) is 32.9 Å². The maximum Gasteiger partial charge on any atom is 0.280 e. The van der Waals surface area contributed by atoms with E-state index in [1.54, 1.807) is 24.3 Å². The molecule has 1 fully saturated rings. The molecular weight excluding hydrogens is 306 g/mol. The third-order valence-electron chi connectivity index (χ3n) is 4.80. The van der Waals surface area contributed by atoms with Crippen LogP contribution in [-0.2, 0) is 6.54 Å². The van der Waals surface area contributed by atoms with Crippen LogP contribution in [0.3, 0.4) is 0 Å². The van der Waals surface area contributed by atoms with Gasteiger partial charge in [-0.2, -0.15) is 0 Å². The molecule has 1 atom stereocenters. The van der Waals surface area contributed by atoms with Crippen LogP contribution in [-0.4, -0.2) is 29.0 Å². The molecule has 3 rings (SSSR count). The van der Waals surface area contributed by atoms with Crippen LogP contribution < -0.4 is 5.73 Å². The summed E-state index contributed by atoms with van der Waals surface area (Å²) in [5, 5.41) is 11.2. The molecule has 1 aliphatic heterocycles. The first kappa shape index (κ1) is 16.7. The molecule has 24 heavy (non-hydrogen) atoms. The number of hydrogen-bond acceptors (Lipinski definition) is 5. The summed E-state index contributed by atoms with van der Waals surface area (Å²) >= 11 is 0. The Hall–Kier alpha value is -2.18. The zero-order chi connectivity index (χ0) is 17.3. The average molecular weight is 329 g/mol. The Kier molecular flexibility index (Phi) is 4.43. The van der Waals surface area contributed by atoms with Crippen molar-refractivity contribution in [1.82, 2.24) is 4.90 Å². The number of nitrogens with zero attached hydrogens (tertiary/aromatic N) is 2. The molecule has 2 heterocycles. The molecule has 1 saturated heterocycles. The molecule has 2 N–H and O–H groups in total. The number of benzene rings is 1. The van der Waals surface area contributed by atoms with Crippen LogP contribution in [0.4, 0.5) is 5.69 Å². The molecule has 0 aliphatic carbocycles. The minimum atomic E-state index is -0.383. The van der Waals surface area contributed by atoms with Crippen molar-refractivity contribution in [1.29, 1.82) is 0 Å². The molecule has 1 aromatic heterocycles. The summed E-state index contributed by atoms with van der Waals surface area (Å²) in [6.07, 6.45) is 0.963. The topological polar surface area (TPSA) is 85.5 Å². The van der Waals surface area contributed by atoms with Gasteiger partial charge in [0, 0.05) is 25.2 Å². The molecule has 1 unspecified atom stereocenters. The Morgan fingerprint density at radius 1 is 1.33 bits per heavy atom. The third kappa shape index (κ3) is 3.34. The first-order valence-electron chi connectivity index (χ1n) is 8.17. The van der Waals surface area contributed by atoms with Gasteiger partial charge in [-0.15, -0.1) is 0 Å². The van der Waals surface area contributed by atoms with Gasteiger partial charge in [0.1, 0.15) is 11.5 Å². The van der Waals surface area contributed by atoms with E-state index in [0.717, 1.165) is 25.3 Å². The van der Waals surface area contributed by atoms with Gasteiger partial charge in [-0.25, -0.2) is 0 Å². The van der Waals surface area contributed by atoms with Gasteiger partial charge >= 0.3 is 0 Å². The fourth-order valence-corrected chi connectivity index (χ4v) is 3.29. The van der Waals surface area contributed by atoms with Gasteiger partial charge in [-0.05, 0) is 30.0 Å². The zero-order valence-electron chi connectivity index (χ0n) is 14.1. The van der Waals surface area contributed by atoms with Crippen molar-refractivity contribution >= 4 is 5.69 Å². The van der Waals surface area contributed by atoms with Gasteiger partial charge in [0.25, 0.3) is 5.69 Å². The van der Waals surface area contributed by atoms with Crippen LogP contribution in [0.15, 0.2) is 40.8 Å². The van der Waals surface area contributed by atoms with Crippen molar-refractivity contribution in [3.05, 3.63) is 52.3 Å². The highest BCUT2D eigenvalue weighted by atomic mass is 16.6. The van der Waals surface area contributed by atoms with Crippen molar-refractivity contribution in [2.75, 3.05) is 13.1 Å². The lowest BCUT2D eigenvalue weighted by molar-refractivity contribution is -0.384. The summed E-state index contributed by atoms with van der Waals surface area (Å²) in [5.74, 6) is 1.35. The van der Waals surface area contributed by atoms with Crippen LogP contribution in [0.2, 0.25) is 0 Å². The number of piperidine rings is 1. The fourth-order valence-electron chi connectivity index (χ4n) is 3.29. The number of furan rings is 1. The Labute approximate surface area is 141 Å². The molecule has 0 amide bonds. The Morgan fingerprint density at radius 2 is 2.08 bits per heavy atom. The Morgan fingerprint density at radius 3 is 2.79 bits per heavy atom. The van der Waals surface area contributed by atoms with Crippen LogP contribution in [0, 0.1) is 15.5 Å². The molecule has 128 valence electrons. The summed E-state index contributed by atoms with van der Waals surface area (Å²) in [6.45, 7) is 6.91. The molecule has 0 radical (unpaired) electrons. The number of para-hydroxylation sites is 1. The SMILES string of the molecule is CC1(C)CN(Cc2ccc(-c3ccccc3[N+](=O)[O-])o2)CCC1N. The second-order valence-electron chi connectivity index (χ2n) is 7.13. The maximum absolute atomic E-state index is 11.2. The van der Waals surface area contributed by atoms with E-state index in [2.05, 4.69) is 18.7 Å². The van der Waals surface area contributed by atoms with Crippen LogP contribution in [0.1, 0.15) is 26.0 Å². The second kappa shape index (κ2) is 6.37. The zero-order valence-corrected chi connectivity index (χ0v) is 14.1. The fraction of sp³-hybridized carbons (Fsp3) is 0.444. The van der Waals surface area contributed by atoms with Crippen molar-refractivity contribution in [3.8, 4) is 11.3 Å². The molecule has 1 aromatic carbocycles. The second-order valence-corrected chi connectivity index (χ2v) is 7.13. The van der Waals surface area contributed by atoms with Gasteiger partial charge in [0.05, 0.1) is 17.0 Å². The van der Waals surface area contributed by atoms with E-state index in [9.17, 15) is 10.1 Å². The van der Waals surface area contributed by atoms with Crippen LogP contribution >= 0.6 is 0 Å². The highest BCUT2D eigenvalue weighted by Gasteiger charge is 2.33. The lowest BCUT2D eigenvalue weighted by Gasteiger charge is -2.42. The largest absolute Gasteiger partial charge is 0.459 e. The third-order valence-corrected chi connectivity index (χ3v) is 4.80. The van der Waals surface area contributed by atoms with E-state index in [0.29, 0.717) is 17.9 Å². The monoisotopic (exact) mass is 329 g/mol. The normalized spacial score (nSPS) is 20.9. The molecule has 0 spiro atoms. The maximum atomic E-state index is 11.2. The standard InChI is InChI=1S/C18H23N3O3/c1-18(2)12-20(10-9-17(18)19)11-13-7-8-16(24-13)14-5-3-4-6-15(14)21(22)23/h3-8,17H,9-12,19H2,1-2H3. The number of nitro benzene ring substituents is 1. The number of nitrogens with two attached hydrogens (primary N) is 1. The summed E-state index contributed by atoms with van der Waals surface area (Å²) in [5.41, 5.74) is 6.82. The van der Waals surface area contributed by atoms with Crippen molar-refractivity contribution in [3.63, 3.8) is 0 Å². The lowest BCUT2D eigenvalue weighted by Crippen LogP contribution is -2.51. The average Bonchev–Trinajstić information content (AvgIpc) is 2.99. The molecule has 0 bridgehead atoms. The van der Waals surface area contributed by atoms with E-state index >= 15 is 0 Å². The predicted octanol–water partition coefficient (Wildman–Crippen LogP) is 3.41. The number of hydrogen-bond donors (Lipinski definition) is 1. The number of likely N-dealkylation sites (tertiary alicyclic amines) is 1. The first-order valence-corrected chi connectivity index (χ1v) is 8.17. The Bertz CT molecular complexity index is 739. The minimum absolute atomic E-state index is 0.0588. The van der Waals surface area contributed by atoms with E-state index < -0.39 is 0 Å². The van der Waals surface area contributed by atoms with Crippen LogP contribution in [0.5, 0.6) is 0 Å². The summed E-state index contributed by atoms with van der Waals surface area (Å²) in [7, 11) is 0. The van der Waals surface area contributed by atoms with Gasteiger partial charge in [-0.1, -0.05) is 26.0 Å². The molecule has 1 aliphatic rings. The van der Waals surface area contributed by atoms with E-state index in [1.165, 1.54) is 6.07 Å². The lowest BCUT2D eigenvalue weighted by atomic mass is 9.80. The van der Waals surface area contributed by atoms with E-state index in [1.807, 2.05) is 6.07 Å². The molecule has 6 nitrogen and oxygen atoms in total. The minimum Gasteiger partial charge on any atom is -0.459 e. The predicted molar refractivity (Wildman–Crippen MR) is 92.4 cm³/mol. The molecule has 6 heteroatoms. The van der Waals surface area contributed by atoms with Crippen molar-refractivity contribution < 1.29 is 9.34 Å².